The fourth-order valence-corrected chi connectivity index (χ4v) is 4.31. The second-order valence-corrected chi connectivity index (χ2v) is 8.17. The molecule has 0 unspecified atom stereocenters. The van der Waals surface area contributed by atoms with Crippen molar-refractivity contribution in [2.75, 3.05) is 39.4 Å². The number of morpholine rings is 1. The first-order valence-corrected chi connectivity index (χ1v) is 10.6. The summed E-state index contributed by atoms with van der Waals surface area (Å²) in [6.07, 6.45) is 4.72. The molecule has 2 fully saturated rings. The van der Waals surface area contributed by atoms with Crippen molar-refractivity contribution in [2.24, 2.45) is 5.92 Å². The Morgan fingerprint density at radius 2 is 1.66 bits per heavy atom. The van der Waals surface area contributed by atoms with Gasteiger partial charge in [-0.1, -0.05) is 30.3 Å². The van der Waals surface area contributed by atoms with Crippen LogP contribution in [0.1, 0.15) is 29.5 Å². The number of hydrogen-bond donors (Lipinski definition) is 1. The van der Waals surface area contributed by atoms with Crippen LogP contribution in [-0.2, 0) is 24.2 Å². The molecule has 156 valence electrons. The predicted molar refractivity (Wildman–Crippen MR) is 111 cm³/mol. The van der Waals surface area contributed by atoms with E-state index in [1.165, 1.54) is 11.8 Å². The van der Waals surface area contributed by atoms with Gasteiger partial charge in [0.1, 0.15) is 12.0 Å². The summed E-state index contributed by atoms with van der Waals surface area (Å²) < 4.78 is 10.6. The van der Waals surface area contributed by atoms with Crippen LogP contribution in [0.25, 0.3) is 0 Å². The van der Waals surface area contributed by atoms with E-state index < -0.39 is 5.63 Å². The molecule has 1 aromatic carbocycles. The third-order valence-corrected chi connectivity index (χ3v) is 6.10. The second kappa shape index (κ2) is 9.57. The van der Waals surface area contributed by atoms with Gasteiger partial charge in [-0.05, 0) is 43.8 Å². The molecule has 0 spiro atoms. The summed E-state index contributed by atoms with van der Waals surface area (Å²) in [4.78, 5) is 16.7. The Balaban J connectivity index is 1.35. The zero-order chi connectivity index (χ0) is 20.1. The number of likely N-dealkylation sites (tertiary alicyclic amines) is 1. The van der Waals surface area contributed by atoms with E-state index in [0.29, 0.717) is 43.3 Å². The average Bonchev–Trinajstić information content (AvgIpc) is 2.76. The van der Waals surface area contributed by atoms with Gasteiger partial charge in [-0.3, -0.25) is 9.80 Å². The first-order chi connectivity index (χ1) is 14.2. The zero-order valence-electron chi connectivity index (χ0n) is 16.9. The normalized spacial score (nSPS) is 19.4. The number of ether oxygens (including phenoxy) is 1. The largest absolute Gasteiger partial charge is 0.507 e. The second-order valence-electron chi connectivity index (χ2n) is 8.17. The summed E-state index contributed by atoms with van der Waals surface area (Å²) in [7, 11) is 0. The van der Waals surface area contributed by atoms with E-state index >= 15 is 0 Å². The van der Waals surface area contributed by atoms with E-state index in [0.717, 1.165) is 45.4 Å². The summed E-state index contributed by atoms with van der Waals surface area (Å²) >= 11 is 0. The van der Waals surface area contributed by atoms with Crippen molar-refractivity contribution < 1.29 is 14.3 Å². The van der Waals surface area contributed by atoms with Crippen molar-refractivity contribution in [1.29, 1.82) is 0 Å². The van der Waals surface area contributed by atoms with Gasteiger partial charge in [-0.2, -0.15) is 0 Å². The van der Waals surface area contributed by atoms with Gasteiger partial charge in [0.25, 0.3) is 0 Å². The van der Waals surface area contributed by atoms with Crippen LogP contribution in [-0.4, -0.2) is 54.3 Å². The molecule has 0 atom stereocenters. The Hall–Kier alpha value is -2.15. The molecule has 0 bridgehead atoms. The van der Waals surface area contributed by atoms with Crippen LogP contribution in [0.4, 0.5) is 0 Å². The van der Waals surface area contributed by atoms with Crippen molar-refractivity contribution in [3.8, 4) is 5.75 Å². The van der Waals surface area contributed by atoms with E-state index in [-0.39, 0.29) is 5.75 Å². The molecule has 3 heterocycles. The number of nitrogens with zero attached hydrogens (tertiary/aromatic N) is 2. The number of piperidine rings is 1. The Bertz CT molecular complexity index is 838. The highest BCUT2D eigenvalue weighted by Crippen LogP contribution is 2.26. The highest BCUT2D eigenvalue weighted by atomic mass is 16.5. The topological polar surface area (TPSA) is 66.2 Å². The van der Waals surface area contributed by atoms with Gasteiger partial charge in [0.15, 0.2) is 0 Å². The molecule has 2 saturated heterocycles. The molecular weight excluding hydrogens is 368 g/mol. The molecule has 1 aromatic heterocycles. The van der Waals surface area contributed by atoms with Crippen molar-refractivity contribution in [2.45, 2.75) is 32.4 Å². The first kappa shape index (κ1) is 20.1. The van der Waals surface area contributed by atoms with Gasteiger partial charge in [-0.15, -0.1) is 0 Å². The monoisotopic (exact) mass is 398 g/mol. The maximum atomic E-state index is 12.3. The summed E-state index contributed by atoms with van der Waals surface area (Å²) in [5, 5.41) is 10.7. The minimum absolute atomic E-state index is 0.0964. The van der Waals surface area contributed by atoms with Crippen LogP contribution in [0.5, 0.6) is 5.75 Å². The standard InChI is InChI=1S/C23H30N2O4/c26-22-20(15-25-10-12-28-13-11-25)17-29-23(27)21(22)16-24-8-6-19(7-9-24)14-18-4-2-1-3-5-18/h1-5,17,19,26H,6-16H2. The fraction of sp³-hybridized carbons (Fsp3) is 0.522. The van der Waals surface area contributed by atoms with E-state index in [2.05, 4.69) is 40.1 Å². The first-order valence-electron chi connectivity index (χ1n) is 10.6. The molecule has 0 amide bonds. The van der Waals surface area contributed by atoms with Gasteiger partial charge < -0.3 is 14.3 Å². The summed E-state index contributed by atoms with van der Waals surface area (Å²) in [6, 6.07) is 10.6. The van der Waals surface area contributed by atoms with Gasteiger partial charge in [0.2, 0.25) is 0 Å². The zero-order valence-corrected chi connectivity index (χ0v) is 16.9. The maximum absolute atomic E-state index is 12.3. The third kappa shape index (κ3) is 5.26. The predicted octanol–water partition coefficient (Wildman–Crippen LogP) is 2.63. The molecule has 4 rings (SSSR count). The van der Waals surface area contributed by atoms with Crippen molar-refractivity contribution >= 4 is 0 Å². The Kier molecular flexibility index (Phi) is 6.64. The van der Waals surface area contributed by atoms with Gasteiger partial charge in [-0.25, -0.2) is 4.79 Å². The SMILES string of the molecule is O=c1occ(CN2CCOCC2)c(O)c1CN1CCC(Cc2ccccc2)CC1. The highest BCUT2D eigenvalue weighted by molar-refractivity contribution is 5.36. The van der Waals surface area contributed by atoms with Crippen molar-refractivity contribution in [1.82, 2.24) is 9.80 Å². The highest BCUT2D eigenvalue weighted by Gasteiger charge is 2.23. The van der Waals surface area contributed by atoms with Crippen LogP contribution in [0, 0.1) is 5.92 Å². The number of benzene rings is 1. The third-order valence-electron chi connectivity index (χ3n) is 6.10. The van der Waals surface area contributed by atoms with E-state index in [1.54, 1.807) is 0 Å². The lowest BCUT2D eigenvalue weighted by Gasteiger charge is -2.32. The molecular formula is C23H30N2O4. The summed E-state index contributed by atoms with van der Waals surface area (Å²) in [6.45, 7) is 5.93. The van der Waals surface area contributed by atoms with E-state index in [9.17, 15) is 9.90 Å². The maximum Gasteiger partial charge on any atom is 0.343 e. The summed E-state index contributed by atoms with van der Waals surface area (Å²) in [5.41, 5.74) is 2.03. The van der Waals surface area contributed by atoms with Crippen molar-refractivity contribution in [3.63, 3.8) is 0 Å². The van der Waals surface area contributed by atoms with Crippen LogP contribution in [0.2, 0.25) is 0 Å². The Labute approximate surface area is 171 Å². The van der Waals surface area contributed by atoms with Crippen LogP contribution >= 0.6 is 0 Å². The van der Waals surface area contributed by atoms with Crippen LogP contribution < -0.4 is 5.63 Å². The van der Waals surface area contributed by atoms with E-state index in [1.807, 2.05) is 0 Å². The van der Waals surface area contributed by atoms with Crippen molar-refractivity contribution in [3.05, 3.63) is 63.7 Å². The lowest BCUT2D eigenvalue weighted by molar-refractivity contribution is 0.0335. The summed E-state index contributed by atoms with van der Waals surface area (Å²) in [5.74, 6) is 0.769. The molecule has 6 nitrogen and oxygen atoms in total. The lowest BCUT2D eigenvalue weighted by Crippen LogP contribution is -2.36. The number of hydrogen-bond acceptors (Lipinski definition) is 6. The Morgan fingerprint density at radius 3 is 2.38 bits per heavy atom. The molecule has 29 heavy (non-hydrogen) atoms. The van der Waals surface area contributed by atoms with Crippen LogP contribution in [0.3, 0.4) is 0 Å². The smallest absolute Gasteiger partial charge is 0.343 e. The minimum atomic E-state index is -0.431. The number of rotatable bonds is 6. The lowest BCUT2D eigenvalue weighted by atomic mass is 9.90. The molecule has 0 aliphatic carbocycles. The van der Waals surface area contributed by atoms with Gasteiger partial charge >= 0.3 is 5.63 Å². The van der Waals surface area contributed by atoms with Gasteiger partial charge in [0, 0.05) is 31.7 Å². The Morgan fingerprint density at radius 1 is 0.966 bits per heavy atom. The molecule has 2 aromatic rings. The minimum Gasteiger partial charge on any atom is -0.507 e. The quantitative estimate of drug-likeness (QED) is 0.807. The molecule has 6 heteroatoms. The molecule has 2 aliphatic heterocycles. The van der Waals surface area contributed by atoms with E-state index in [4.69, 9.17) is 9.15 Å². The molecule has 1 N–H and O–H groups in total. The molecule has 2 aliphatic rings. The van der Waals surface area contributed by atoms with Crippen LogP contribution in [0.15, 0.2) is 45.8 Å². The average molecular weight is 399 g/mol. The van der Waals surface area contributed by atoms with Gasteiger partial charge in [0.05, 0.1) is 18.8 Å². The fourth-order valence-electron chi connectivity index (χ4n) is 4.31. The molecule has 0 radical (unpaired) electrons. The number of aromatic hydroxyl groups is 1. The molecule has 0 saturated carbocycles.